The fourth-order valence-electron chi connectivity index (χ4n) is 2.42. The minimum absolute atomic E-state index is 0.758. The third-order valence-electron chi connectivity index (χ3n) is 3.62. The van der Waals surface area contributed by atoms with Crippen LogP contribution in [0.1, 0.15) is 5.01 Å². The second kappa shape index (κ2) is 7.57. The van der Waals surface area contributed by atoms with Crippen molar-refractivity contribution in [2.75, 3.05) is 11.1 Å². The number of nitrogens with one attached hydrogen (secondary N) is 1. The normalized spacial score (nSPS) is 11.0. The Morgan fingerprint density at radius 2 is 1.88 bits per heavy atom. The Morgan fingerprint density at radius 1 is 1.08 bits per heavy atom. The summed E-state index contributed by atoms with van der Waals surface area (Å²) in [5.74, 6) is 0.758. The van der Waals surface area contributed by atoms with E-state index >= 15 is 0 Å². The molecule has 0 spiro atoms. The van der Waals surface area contributed by atoms with E-state index in [1.54, 1.807) is 34.4 Å². The summed E-state index contributed by atoms with van der Waals surface area (Å²) in [5.41, 5.74) is 4.14. The molecule has 4 rings (SSSR count). The van der Waals surface area contributed by atoms with Gasteiger partial charge in [0, 0.05) is 22.7 Å². The van der Waals surface area contributed by atoms with Gasteiger partial charge in [0.15, 0.2) is 4.34 Å². The second-order valence-electron chi connectivity index (χ2n) is 5.67. The van der Waals surface area contributed by atoms with Crippen LogP contribution in [0.25, 0.3) is 20.8 Å². The highest BCUT2D eigenvalue weighted by molar-refractivity contribution is 8.01. The highest BCUT2D eigenvalue weighted by Gasteiger charge is 2.07. The summed E-state index contributed by atoms with van der Waals surface area (Å²) in [6.07, 6.45) is 0. The molecule has 0 atom stereocenters. The number of nitrogens with zero attached hydrogens (tertiary/aromatic N) is 3. The minimum atomic E-state index is 0.758. The Hall–Kier alpha value is -2.22. The van der Waals surface area contributed by atoms with E-state index in [4.69, 9.17) is 4.98 Å². The molecular formula is C19H16N4S3. The van der Waals surface area contributed by atoms with Gasteiger partial charge in [-0.1, -0.05) is 41.8 Å². The van der Waals surface area contributed by atoms with Gasteiger partial charge >= 0.3 is 0 Å². The number of thiazole rings is 1. The molecule has 130 valence electrons. The SMILES string of the molecule is C=C(CSc1nnc(C)s1)Nc1ccc(-c2nc3ccccc3s2)cc1. The largest absolute Gasteiger partial charge is 0.359 e. The number of fused-ring (bicyclic) bond motifs is 1. The molecule has 2 heterocycles. The first-order chi connectivity index (χ1) is 12.7. The number of thioether (sulfide) groups is 1. The molecule has 4 aromatic rings. The molecule has 0 amide bonds. The highest BCUT2D eigenvalue weighted by Crippen LogP contribution is 2.31. The van der Waals surface area contributed by atoms with E-state index in [0.29, 0.717) is 0 Å². The lowest BCUT2D eigenvalue weighted by Gasteiger charge is -2.09. The molecule has 0 aliphatic heterocycles. The van der Waals surface area contributed by atoms with E-state index < -0.39 is 0 Å². The summed E-state index contributed by atoms with van der Waals surface area (Å²) in [5, 5.41) is 13.5. The van der Waals surface area contributed by atoms with Gasteiger partial charge in [0.2, 0.25) is 0 Å². The van der Waals surface area contributed by atoms with E-state index in [9.17, 15) is 0 Å². The zero-order chi connectivity index (χ0) is 17.9. The Balaban J connectivity index is 1.40. The zero-order valence-corrected chi connectivity index (χ0v) is 16.5. The van der Waals surface area contributed by atoms with E-state index in [0.717, 1.165) is 42.6 Å². The van der Waals surface area contributed by atoms with Crippen LogP contribution in [0.2, 0.25) is 0 Å². The van der Waals surface area contributed by atoms with E-state index in [2.05, 4.69) is 52.4 Å². The molecule has 0 unspecified atom stereocenters. The molecule has 7 heteroatoms. The van der Waals surface area contributed by atoms with Gasteiger partial charge < -0.3 is 5.32 Å². The molecule has 0 aliphatic rings. The van der Waals surface area contributed by atoms with Crippen LogP contribution in [0.5, 0.6) is 0 Å². The van der Waals surface area contributed by atoms with Gasteiger partial charge in [-0.3, -0.25) is 0 Å². The van der Waals surface area contributed by atoms with Crippen LogP contribution < -0.4 is 5.32 Å². The number of benzene rings is 2. The lowest BCUT2D eigenvalue weighted by Crippen LogP contribution is -2.00. The smallest absolute Gasteiger partial charge is 0.174 e. The van der Waals surface area contributed by atoms with Crippen LogP contribution in [0.3, 0.4) is 0 Å². The third kappa shape index (κ3) is 3.95. The van der Waals surface area contributed by atoms with Gasteiger partial charge in [-0.05, 0) is 43.3 Å². The first-order valence-electron chi connectivity index (χ1n) is 8.01. The fourth-order valence-corrected chi connectivity index (χ4v) is 5.05. The second-order valence-corrected chi connectivity index (χ2v) is 9.10. The average Bonchev–Trinajstić information content (AvgIpc) is 3.26. The molecule has 0 saturated heterocycles. The fraction of sp³-hybridized carbons (Fsp3) is 0.105. The summed E-state index contributed by atoms with van der Waals surface area (Å²) >= 11 is 4.96. The van der Waals surface area contributed by atoms with Crippen LogP contribution >= 0.6 is 34.4 Å². The monoisotopic (exact) mass is 396 g/mol. The Morgan fingerprint density at radius 3 is 2.62 bits per heavy atom. The van der Waals surface area contributed by atoms with Crippen molar-refractivity contribution in [1.82, 2.24) is 15.2 Å². The third-order valence-corrected chi connectivity index (χ3v) is 6.77. The number of hydrogen-bond donors (Lipinski definition) is 1. The van der Waals surface area contributed by atoms with Gasteiger partial charge in [-0.2, -0.15) is 0 Å². The van der Waals surface area contributed by atoms with Crippen molar-refractivity contribution in [3.8, 4) is 10.6 Å². The molecule has 26 heavy (non-hydrogen) atoms. The van der Waals surface area contributed by atoms with Crippen molar-refractivity contribution in [1.29, 1.82) is 0 Å². The molecule has 2 aromatic carbocycles. The maximum atomic E-state index is 4.70. The van der Waals surface area contributed by atoms with Gasteiger partial charge in [-0.15, -0.1) is 21.5 Å². The standard InChI is InChI=1S/C19H16N4S3/c1-12(11-24-19-23-22-13(2)25-19)20-15-9-7-14(8-10-15)18-21-16-5-3-4-6-17(16)26-18/h3-10,20H,1,11H2,2H3. The lowest BCUT2D eigenvalue weighted by molar-refractivity contribution is 0.984. The van der Waals surface area contributed by atoms with E-state index in [-0.39, 0.29) is 0 Å². The number of aromatic nitrogens is 3. The number of anilines is 1. The van der Waals surface area contributed by atoms with Crippen molar-refractivity contribution < 1.29 is 0 Å². The molecule has 0 bridgehead atoms. The topological polar surface area (TPSA) is 50.7 Å². The van der Waals surface area contributed by atoms with Crippen LogP contribution in [-0.4, -0.2) is 20.9 Å². The van der Waals surface area contributed by atoms with E-state index in [1.807, 2.05) is 25.1 Å². The Bertz CT molecular complexity index is 1020. The quantitative estimate of drug-likeness (QED) is 0.415. The predicted octanol–water partition coefficient (Wildman–Crippen LogP) is 5.84. The number of hydrogen-bond acceptors (Lipinski definition) is 7. The number of para-hydroxylation sites is 1. The molecule has 0 saturated carbocycles. The predicted molar refractivity (Wildman–Crippen MR) is 113 cm³/mol. The summed E-state index contributed by atoms with van der Waals surface area (Å²) in [4.78, 5) is 4.70. The summed E-state index contributed by atoms with van der Waals surface area (Å²) in [6, 6.07) is 16.5. The lowest BCUT2D eigenvalue weighted by atomic mass is 10.2. The van der Waals surface area contributed by atoms with Gasteiger partial charge in [0.1, 0.15) is 10.0 Å². The molecular weight excluding hydrogens is 380 g/mol. The Kier molecular flexibility index (Phi) is 5.01. The number of rotatable bonds is 6. The van der Waals surface area contributed by atoms with Gasteiger partial charge in [-0.25, -0.2) is 4.98 Å². The minimum Gasteiger partial charge on any atom is -0.359 e. The van der Waals surface area contributed by atoms with E-state index in [1.165, 1.54) is 4.70 Å². The maximum Gasteiger partial charge on any atom is 0.174 e. The van der Waals surface area contributed by atoms with Crippen LogP contribution in [0.4, 0.5) is 5.69 Å². The van der Waals surface area contributed by atoms with Crippen LogP contribution in [0.15, 0.2) is 65.1 Å². The van der Waals surface area contributed by atoms with Crippen molar-refractivity contribution in [3.05, 3.63) is 65.8 Å². The molecule has 4 nitrogen and oxygen atoms in total. The van der Waals surface area contributed by atoms with Crippen molar-refractivity contribution in [2.24, 2.45) is 0 Å². The molecule has 0 aliphatic carbocycles. The van der Waals surface area contributed by atoms with Crippen LogP contribution in [-0.2, 0) is 0 Å². The molecule has 0 fully saturated rings. The van der Waals surface area contributed by atoms with Gasteiger partial charge in [0.25, 0.3) is 0 Å². The molecule has 0 radical (unpaired) electrons. The van der Waals surface area contributed by atoms with Crippen molar-refractivity contribution in [2.45, 2.75) is 11.3 Å². The first kappa shape index (κ1) is 17.2. The highest BCUT2D eigenvalue weighted by atomic mass is 32.2. The first-order valence-corrected chi connectivity index (χ1v) is 10.6. The Labute approximate surface area is 164 Å². The van der Waals surface area contributed by atoms with Gasteiger partial charge in [0.05, 0.1) is 10.2 Å². The summed E-state index contributed by atoms with van der Waals surface area (Å²) in [6.45, 7) is 6.06. The average molecular weight is 397 g/mol. The summed E-state index contributed by atoms with van der Waals surface area (Å²) < 4.78 is 2.18. The molecule has 2 aromatic heterocycles. The van der Waals surface area contributed by atoms with Crippen molar-refractivity contribution in [3.63, 3.8) is 0 Å². The summed E-state index contributed by atoms with van der Waals surface area (Å²) in [7, 11) is 0. The van der Waals surface area contributed by atoms with Crippen molar-refractivity contribution >= 4 is 50.3 Å². The maximum absolute atomic E-state index is 4.70. The van der Waals surface area contributed by atoms with Crippen LogP contribution in [0, 0.1) is 6.92 Å². The number of aryl methyl sites for hydroxylation is 1. The zero-order valence-electron chi connectivity index (χ0n) is 14.1. The molecule has 1 N–H and O–H groups in total.